The van der Waals surface area contributed by atoms with Crippen LogP contribution in [0.25, 0.3) is 0 Å². The van der Waals surface area contributed by atoms with E-state index in [9.17, 15) is 0 Å². The summed E-state index contributed by atoms with van der Waals surface area (Å²) in [4.78, 5) is 4.77. The number of nitrogens with zero attached hydrogens (tertiary/aromatic N) is 1. The predicted octanol–water partition coefficient (Wildman–Crippen LogP) is 6.77. The highest BCUT2D eigenvalue weighted by Crippen LogP contribution is 2.38. The van der Waals surface area contributed by atoms with Crippen molar-refractivity contribution < 1.29 is 9.16 Å². The van der Waals surface area contributed by atoms with Crippen molar-refractivity contribution in [2.45, 2.75) is 71.0 Å². The van der Waals surface area contributed by atoms with Gasteiger partial charge in [0.2, 0.25) is 0 Å². The van der Waals surface area contributed by atoms with E-state index in [2.05, 4.69) is 72.0 Å². The molecule has 0 amide bonds. The molecule has 0 fully saturated rings. The zero-order valence-electron chi connectivity index (χ0n) is 18.2. The van der Waals surface area contributed by atoms with E-state index in [0.29, 0.717) is 11.8 Å². The molecule has 1 aromatic carbocycles. The van der Waals surface area contributed by atoms with Gasteiger partial charge < -0.3 is 9.16 Å². The van der Waals surface area contributed by atoms with Crippen LogP contribution in [0.5, 0.6) is 11.5 Å². The van der Waals surface area contributed by atoms with Crippen molar-refractivity contribution in [2.75, 3.05) is 7.11 Å². The molecular weight excluding hydrogens is 350 g/mol. The van der Waals surface area contributed by atoms with Crippen LogP contribution >= 0.6 is 0 Å². The second-order valence-electron chi connectivity index (χ2n) is 8.86. The molecule has 0 aliphatic heterocycles. The van der Waals surface area contributed by atoms with Crippen molar-refractivity contribution >= 4 is 8.32 Å². The molecule has 0 bridgehead atoms. The highest BCUT2D eigenvalue weighted by atomic mass is 28.4. The second kappa shape index (κ2) is 8.47. The van der Waals surface area contributed by atoms with E-state index in [1.807, 2.05) is 18.3 Å². The van der Waals surface area contributed by atoms with Gasteiger partial charge in [-0.25, -0.2) is 0 Å². The molecule has 1 heterocycles. The van der Waals surface area contributed by atoms with Gasteiger partial charge in [-0.3, -0.25) is 4.98 Å². The van der Waals surface area contributed by atoms with Gasteiger partial charge in [-0.05, 0) is 60.3 Å². The number of rotatable bonds is 7. The quantitative estimate of drug-likeness (QED) is 0.493. The monoisotopic (exact) mass is 385 g/mol. The van der Waals surface area contributed by atoms with Gasteiger partial charge >= 0.3 is 0 Å². The summed E-state index contributed by atoms with van der Waals surface area (Å²) in [5, 5.41) is 0.181. The van der Waals surface area contributed by atoms with Crippen LogP contribution in [-0.4, -0.2) is 20.4 Å². The minimum absolute atomic E-state index is 0.181. The van der Waals surface area contributed by atoms with Crippen LogP contribution in [0.4, 0.5) is 0 Å². The van der Waals surface area contributed by atoms with Crippen molar-refractivity contribution in [1.29, 1.82) is 0 Å². The van der Waals surface area contributed by atoms with Crippen molar-refractivity contribution in [3.05, 3.63) is 53.9 Å². The number of benzene rings is 1. The standard InChI is InChI=1S/C23H35NO2Si/c1-9-21(17(2)18-10-12-19(25-6)13-11-18)22-15-14-20(16-24-22)26-27(7,8)23(3,4)5/h10-17,21H,9H2,1-8H3/t17-,21-/m0/s1. The van der Waals surface area contributed by atoms with Gasteiger partial charge in [0.25, 0.3) is 8.32 Å². The van der Waals surface area contributed by atoms with E-state index in [1.165, 1.54) is 5.56 Å². The summed E-state index contributed by atoms with van der Waals surface area (Å²) < 4.78 is 11.6. The Labute approximate surface area is 166 Å². The molecule has 0 spiro atoms. The van der Waals surface area contributed by atoms with E-state index in [-0.39, 0.29) is 5.04 Å². The molecule has 2 atom stereocenters. The summed E-state index contributed by atoms with van der Waals surface area (Å²) in [6.07, 6.45) is 2.95. The molecule has 4 heteroatoms. The largest absolute Gasteiger partial charge is 0.542 e. The first-order valence-corrected chi connectivity index (χ1v) is 12.8. The van der Waals surface area contributed by atoms with Crippen molar-refractivity contribution in [1.82, 2.24) is 4.98 Å². The maximum Gasteiger partial charge on any atom is 0.250 e. The topological polar surface area (TPSA) is 31.4 Å². The van der Waals surface area contributed by atoms with Gasteiger partial charge in [0.05, 0.1) is 13.3 Å². The number of hydrogen-bond donors (Lipinski definition) is 0. The summed E-state index contributed by atoms with van der Waals surface area (Å²) in [6, 6.07) is 12.6. The third-order valence-electron chi connectivity index (χ3n) is 6.00. The maximum atomic E-state index is 6.37. The molecule has 0 radical (unpaired) electrons. The molecule has 0 aliphatic carbocycles. The highest BCUT2D eigenvalue weighted by molar-refractivity contribution is 6.74. The Morgan fingerprint density at radius 2 is 1.59 bits per heavy atom. The van der Waals surface area contributed by atoms with Crippen LogP contribution in [0.2, 0.25) is 18.1 Å². The van der Waals surface area contributed by atoms with Crippen LogP contribution in [0.15, 0.2) is 42.6 Å². The van der Waals surface area contributed by atoms with Gasteiger partial charge in [0.15, 0.2) is 0 Å². The highest BCUT2D eigenvalue weighted by Gasteiger charge is 2.39. The fourth-order valence-corrected chi connectivity index (χ4v) is 4.09. The normalized spacial score (nSPS) is 14.5. The first-order valence-electron chi connectivity index (χ1n) is 9.88. The van der Waals surface area contributed by atoms with E-state index < -0.39 is 8.32 Å². The Bertz CT molecular complexity index is 718. The van der Waals surface area contributed by atoms with E-state index >= 15 is 0 Å². The molecule has 148 valence electrons. The van der Waals surface area contributed by atoms with Crippen LogP contribution in [0.3, 0.4) is 0 Å². The van der Waals surface area contributed by atoms with Crippen molar-refractivity contribution in [3.8, 4) is 11.5 Å². The van der Waals surface area contributed by atoms with Gasteiger partial charge in [0, 0.05) is 11.6 Å². The minimum Gasteiger partial charge on any atom is -0.542 e. The molecule has 2 aromatic rings. The molecule has 27 heavy (non-hydrogen) atoms. The van der Waals surface area contributed by atoms with Crippen LogP contribution in [0.1, 0.15) is 64.1 Å². The van der Waals surface area contributed by atoms with E-state index in [4.69, 9.17) is 14.1 Å². The zero-order chi connectivity index (χ0) is 20.2. The number of aromatic nitrogens is 1. The van der Waals surface area contributed by atoms with Crippen molar-refractivity contribution in [3.63, 3.8) is 0 Å². The molecule has 0 unspecified atom stereocenters. The number of methoxy groups -OCH3 is 1. The lowest BCUT2D eigenvalue weighted by atomic mass is 9.83. The molecule has 1 aromatic heterocycles. The number of pyridine rings is 1. The molecule has 0 saturated carbocycles. The second-order valence-corrected chi connectivity index (χ2v) is 13.6. The lowest BCUT2D eigenvalue weighted by molar-refractivity contribution is 0.414. The van der Waals surface area contributed by atoms with Gasteiger partial charge in [0.1, 0.15) is 11.5 Å². The zero-order valence-corrected chi connectivity index (χ0v) is 19.2. The SMILES string of the molecule is CC[C@H](c1ccc(O[Si](C)(C)C(C)(C)C)cn1)[C@@H](C)c1ccc(OC)cc1. The van der Waals surface area contributed by atoms with E-state index in [1.54, 1.807) is 7.11 Å². The van der Waals surface area contributed by atoms with Crippen LogP contribution < -0.4 is 9.16 Å². The van der Waals surface area contributed by atoms with E-state index in [0.717, 1.165) is 23.6 Å². The molecule has 0 aliphatic rings. The lowest BCUT2D eigenvalue weighted by Gasteiger charge is -2.36. The summed E-state index contributed by atoms with van der Waals surface area (Å²) in [5.41, 5.74) is 2.44. The number of hydrogen-bond acceptors (Lipinski definition) is 3. The van der Waals surface area contributed by atoms with Crippen LogP contribution in [0, 0.1) is 0 Å². The fraction of sp³-hybridized carbons (Fsp3) is 0.522. The first kappa shape index (κ1) is 21.5. The van der Waals surface area contributed by atoms with Gasteiger partial charge in [-0.15, -0.1) is 0 Å². The first-order chi connectivity index (χ1) is 12.6. The summed E-state index contributed by atoms with van der Waals surface area (Å²) in [7, 11) is -0.135. The summed E-state index contributed by atoms with van der Waals surface area (Å²) in [6.45, 7) is 15.8. The molecule has 2 rings (SSSR count). The average Bonchev–Trinajstić information content (AvgIpc) is 2.62. The Hall–Kier alpha value is -1.81. The maximum absolute atomic E-state index is 6.37. The Morgan fingerprint density at radius 1 is 1.00 bits per heavy atom. The summed E-state index contributed by atoms with van der Waals surface area (Å²) >= 11 is 0. The Kier molecular flexibility index (Phi) is 6.74. The average molecular weight is 386 g/mol. The third-order valence-corrected chi connectivity index (χ3v) is 10.4. The summed E-state index contributed by atoms with van der Waals surface area (Å²) in [5.74, 6) is 2.54. The molecular formula is C23H35NO2Si. The Morgan fingerprint density at radius 3 is 2.04 bits per heavy atom. The predicted molar refractivity (Wildman–Crippen MR) is 117 cm³/mol. The third kappa shape index (κ3) is 5.13. The number of ether oxygens (including phenoxy) is 1. The Balaban J connectivity index is 2.17. The van der Waals surface area contributed by atoms with Crippen LogP contribution in [-0.2, 0) is 0 Å². The minimum atomic E-state index is -1.83. The lowest BCUT2D eigenvalue weighted by Crippen LogP contribution is -2.43. The fourth-order valence-electron chi connectivity index (χ4n) is 3.08. The van der Waals surface area contributed by atoms with Crippen molar-refractivity contribution in [2.24, 2.45) is 0 Å². The van der Waals surface area contributed by atoms with Gasteiger partial charge in [-0.2, -0.15) is 0 Å². The molecule has 0 saturated heterocycles. The molecule has 0 N–H and O–H groups in total. The smallest absolute Gasteiger partial charge is 0.250 e. The van der Waals surface area contributed by atoms with Gasteiger partial charge in [-0.1, -0.05) is 46.8 Å². The molecule has 3 nitrogen and oxygen atoms in total.